The monoisotopic (exact) mass is 284 g/mol. The van der Waals surface area contributed by atoms with E-state index < -0.39 is 15.9 Å². The number of carbonyl (C=O) groups excluding carboxylic acids is 1. The highest BCUT2D eigenvalue weighted by Gasteiger charge is 2.17. The van der Waals surface area contributed by atoms with Gasteiger partial charge in [-0.15, -0.1) is 0 Å². The summed E-state index contributed by atoms with van der Waals surface area (Å²) < 4.78 is 26.2. The van der Waals surface area contributed by atoms with Gasteiger partial charge in [0.1, 0.15) is 0 Å². The van der Waals surface area contributed by atoms with Crippen molar-refractivity contribution in [2.45, 2.75) is 32.7 Å². The molecule has 106 valence electrons. The predicted octanol–water partition coefficient (Wildman–Crippen LogP) is 1.57. The number of nitrogens with two attached hydrogens (primary N) is 1. The van der Waals surface area contributed by atoms with Gasteiger partial charge in [-0.05, 0) is 30.5 Å². The van der Waals surface area contributed by atoms with Crippen molar-refractivity contribution in [1.82, 2.24) is 4.72 Å². The fourth-order valence-corrected chi connectivity index (χ4v) is 3.20. The molecule has 0 saturated heterocycles. The van der Waals surface area contributed by atoms with Crippen LogP contribution in [0.5, 0.6) is 0 Å². The van der Waals surface area contributed by atoms with Gasteiger partial charge in [0.25, 0.3) is 0 Å². The number of amides is 1. The van der Waals surface area contributed by atoms with Crippen LogP contribution in [-0.2, 0) is 10.0 Å². The molecule has 1 aromatic carbocycles. The number of rotatable bonds is 7. The van der Waals surface area contributed by atoms with Gasteiger partial charge in [0.15, 0.2) is 0 Å². The molecule has 6 heteroatoms. The fourth-order valence-electron chi connectivity index (χ4n) is 1.81. The van der Waals surface area contributed by atoms with E-state index in [1.165, 1.54) is 0 Å². The van der Waals surface area contributed by atoms with E-state index in [4.69, 9.17) is 5.73 Å². The van der Waals surface area contributed by atoms with Crippen molar-refractivity contribution in [3.63, 3.8) is 0 Å². The van der Waals surface area contributed by atoms with Gasteiger partial charge in [-0.2, -0.15) is 0 Å². The lowest BCUT2D eigenvalue weighted by atomic mass is 10.0. The second-order valence-corrected chi connectivity index (χ2v) is 6.26. The Balaban J connectivity index is 2.88. The molecule has 0 fully saturated rings. The average Bonchev–Trinajstić information content (AvgIpc) is 2.36. The summed E-state index contributed by atoms with van der Waals surface area (Å²) in [4.78, 5) is 11.0. The summed E-state index contributed by atoms with van der Waals surface area (Å²) in [6.07, 6.45) is 1.21. The van der Waals surface area contributed by atoms with Gasteiger partial charge in [-0.1, -0.05) is 26.0 Å². The van der Waals surface area contributed by atoms with Crippen LogP contribution in [0.15, 0.2) is 24.3 Å². The maximum Gasteiger partial charge on any atom is 0.248 e. The normalized spacial score (nSPS) is 13.2. The Morgan fingerprint density at radius 2 is 1.84 bits per heavy atom. The van der Waals surface area contributed by atoms with Crippen molar-refractivity contribution in [3.05, 3.63) is 35.4 Å². The number of carbonyl (C=O) groups is 1. The standard InChI is InChI=1S/C13H20N2O3S/c1-3-9-19(17,18)15-12(4-2)10-5-7-11(8-6-10)13(14)16/h5-8,12,15H,3-4,9H2,1-2H3,(H2,14,16). The lowest BCUT2D eigenvalue weighted by molar-refractivity contribution is 0.1000. The van der Waals surface area contributed by atoms with Gasteiger partial charge in [0.2, 0.25) is 15.9 Å². The smallest absolute Gasteiger partial charge is 0.248 e. The SMILES string of the molecule is CCCS(=O)(=O)NC(CC)c1ccc(C(N)=O)cc1. The first-order valence-electron chi connectivity index (χ1n) is 6.29. The molecule has 0 heterocycles. The van der Waals surface area contributed by atoms with Crippen LogP contribution in [0.25, 0.3) is 0 Å². The molecule has 1 rings (SSSR count). The van der Waals surface area contributed by atoms with Gasteiger partial charge in [0, 0.05) is 11.6 Å². The number of nitrogens with one attached hydrogen (secondary N) is 1. The lowest BCUT2D eigenvalue weighted by Gasteiger charge is -2.17. The van der Waals surface area contributed by atoms with Crippen molar-refractivity contribution in [2.24, 2.45) is 5.73 Å². The maximum atomic E-state index is 11.8. The summed E-state index contributed by atoms with van der Waals surface area (Å²) in [7, 11) is -3.26. The summed E-state index contributed by atoms with van der Waals surface area (Å²) in [5.74, 6) is -0.380. The van der Waals surface area contributed by atoms with E-state index in [-0.39, 0.29) is 11.8 Å². The Bertz CT molecular complexity index is 523. The zero-order chi connectivity index (χ0) is 14.5. The van der Waals surface area contributed by atoms with E-state index >= 15 is 0 Å². The largest absolute Gasteiger partial charge is 0.366 e. The third-order valence-corrected chi connectivity index (χ3v) is 4.39. The molecule has 0 aliphatic rings. The van der Waals surface area contributed by atoms with E-state index in [9.17, 15) is 13.2 Å². The van der Waals surface area contributed by atoms with E-state index in [0.717, 1.165) is 5.56 Å². The van der Waals surface area contributed by atoms with Gasteiger partial charge in [-0.25, -0.2) is 13.1 Å². The fraction of sp³-hybridized carbons (Fsp3) is 0.462. The number of primary amides is 1. The van der Waals surface area contributed by atoms with Crippen LogP contribution in [0.2, 0.25) is 0 Å². The first-order chi connectivity index (χ1) is 8.89. The molecule has 0 aromatic heterocycles. The lowest BCUT2D eigenvalue weighted by Crippen LogP contribution is -2.30. The van der Waals surface area contributed by atoms with E-state index in [1.807, 2.05) is 13.8 Å². The Labute approximate surface area is 114 Å². The van der Waals surface area contributed by atoms with Gasteiger partial charge in [0.05, 0.1) is 5.75 Å². The second-order valence-electron chi connectivity index (χ2n) is 4.38. The molecule has 1 atom stereocenters. The van der Waals surface area contributed by atoms with E-state index in [0.29, 0.717) is 18.4 Å². The molecule has 0 aliphatic heterocycles. The van der Waals surface area contributed by atoms with Gasteiger partial charge in [-0.3, -0.25) is 4.79 Å². The first kappa shape index (κ1) is 15.7. The summed E-state index contributed by atoms with van der Waals surface area (Å²) in [5.41, 5.74) is 6.40. The maximum absolute atomic E-state index is 11.8. The van der Waals surface area contributed by atoms with Gasteiger partial charge >= 0.3 is 0 Å². The zero-order valence-corrected chi connectivity index (χ0v) is 12.0. The van der Waals surface area contributed by atoms with E-state index in [2.05, 4.69) is 4.72 Å². The zero-order valence-electron chi connectivity index (χ0n) is 11.2. The number of sulfonamides is 1. The molecule has 1 unspecified atom stereocenters. The molecular weight excluding hydrogens is 264 g/mol. The molecule has 0 spiro atoms. The van der Waals surface area contributed by atoms with Crippen LogP contribution in [0, 0.1) is 0 Å². The third-order valence-electron chi connectivity index (χ3n) is 2.80. The molecule has 1 aromatic rings. The van der Waals surface area contributed by atoms with Gasteiger partial charge < -0.3 is 5.73 Å². The summed E-state index contributed by atoms with van der Waals surface area (Å²) >= 11 is 0. The van der Waals surface area contributed by atoms with Crippen molar-refractivity contribution in [1.29, 1.82) is 0 Å². The Hall–Kier alpha value is -1.40. The topological polar surface area (TPSA) is 89.3 Å². The van der Waals surface area contributed by atoms with Crippen LogP contribution >= 0.6 is 0 Å². The summed E-state index contributed by atoms with van der Waals surface area (Å²) in [6.45, 7) is 3.73. The quantitative estimate of drug-likeness (QED) is 0.796. The predicted molar refractivity (Wildman–Crippen MR) is 75.2 cm³/mol. The molecule has 0 radical (unpaired) electrons. The van der Waals surface area contributed by atoms with Crippen molar-refractivity contribution in [3.8, 4) is 0 Å². The van der Waals surface area contributed by atoms with Crippen LogP contribution < -0.4 is 10.5 Å². The minimum absolute atomic E-state index is 0.114. The Morgan fingerprint density at radius 1 is 1.26 bits per heavy atom. The van der Waals surface area contributed by atoms with Crippen LogP contribution in [0.3, 0.4) is 0 Å². The highest BCUT2D eigenvalue weighted by atomic mass is 32.2. The van der Waals surface area contributed by atoms with Crippen LogP contribution in [-0.4, -0.2) is 20.1 Å². The van der Waals surface area contributed by atoms with Crippen LogP contribution in [0.1, 0.15) is 48.7 Å². The molecular formula is C13H20N2O3S. The first-order valence-corrected chi connectivity index (χ1v) is 7.94. The molecule has 0 bridgehead atoms. The minimum Gasteiger partial charge on any atom is -0.366 e. The number of benzene rings is 1. The highest BCUT2D eigenvalue weighted by molar-refractivity contribution is 7.89. The molecule has 19 heavy (non-hydrogen) atoms. The Morgan fingerprint density at radius 3 is 2.26 bits per heavy atom. The highest BCUT2D eigenvalue weighted by Crippen LogP contribution is 2.18. The molecule has 3 N–H and O–H groups in total. The molecule has 0 aliphatic carbocycles. The van der Waals surface area contributed by atoms with Crippen molar-refractivity contribution >= 4 is 15.9 Å². The Kier molecular flexibility index (Phi) is 5.50. The summed E-state index contributed by atoms with van der Waals surface area (Å²) in [6, 6.07) is 6.38. The minimum atomic E-state index is -3.26. The van der Waals surface area contributed by atoms with E-state index in [1.54, 1.807) is 24.3 Å². The molecule has 0 saturated carbocycles. The van der Waals surface area contributed by atoms with Crippen molar-refractivity contribution < 1.29 is 13.2 Å². The number of hydrogen-bond donors (Lipinski definition) is 2. The molecule has 5 nitrogen and oxygen atoms in total. The average molecular weight is 284 g/mol. The van der Waals surface area contributed by atoms with Crippen LogP contribution in [0.4, 0.5) is 0 Å². The summed E-state index contributed by atoms with van der Waals surface area (Å²) in [5, 5.41) is 0. The third kappa shape index (κ3) is 4.65. The van der Waals surface area contributed by atoms with Crippen molar-refractivity contribution in [2.75, 3.05) is 5.75 Å². The number of hydrogen-bond acceptors (Lipinski definition) is 3. The molecule has 1 amide bonds. The second kappa shape index (κ2) is 6.68.